The van der Waals surface area contributed by atoms with Crippen molar-refractivity contribution in [2.24, 2.45) is 5.73 Å². The Kier molecular flexibility index (Phi) is 4.47. The second kappa shape index (κ2) is 6.70. The summed E-state index contributed by atoms with van der Waals surface area (Å²) in [4.78, 5) is 19.6. The normalized spacial score (nSPS) is 20.4. The molecule has 1 aromatic carbocycles. The van der Waals surface area contributed by atoms with E-state index in [1.165, 1.54) is 12.3 Å². The fourth-order valence-electron chi connectivity index (χ4n) is 2.55. The summed E-state index contributed by atoms with van der Waals surface area (Å²) in [6.45, 7) is 0.0894. The van der Waals surface area contributed by atoms with Gasteiger partial charge in [0.05, 0.1) is 30.2 Å². The number of amides is 1. The van der Waals surface area contributed by atoms with Gasteiger partial charge in [-0.2, -0.15) is 0 Å². The van der Waals surface area contributed by atoms with Crippen LogP contribution >= 0.6 is 0 Å². The molecule has 0 bridgehead atoms. The van der Waals surface area contributed by atoms with Crippen LogP contribution in [0.5, 0.6) is 5.88 Å². The minimum Gasteiger partial charge on any atom is -0.472 e. The molecule has 0 spiro atoms. The summed E-state index contributed by atoms with van der Waals surface area (Å²) in [6, 6.07) is 6.05. The zero-order chi connectivity index (χ0) is 16.2. The van der Waals surface area contributed by atoms with Gasteiger partial charge in [-0.3, -0.25) is 15.1 Å². The molecule has 0 radical (unpaired) electrons. The highest BCUT2D eigenvalue weighted by molar-refractivity contribution is 5.80. The van der Waals surface area contributed by atoms with Gasteiger partial charge in [0.1, 0.15) is 12.4 Å². The van der Waals surface area contributed by atoms with Crippen LogP contribution in [0.4, 0.5) is 4.39 Å². The monoisotopic (exact) mass is 316 g/mol. The number of primary amides is 1. The average Bonchev–Trinajstić information content (AvgIpc) is 3.05. The predicted molar refractivity (Wildman–Crippen MR) is 80.9 cm³/mol. The number of nitrogens with two attached hydrogens (primary N) is 1. The highest BCUT2D eigenvalue weighted by Gasteiger charge is 2.29. The van der Waals surface area contributed by atoms with Gasteiger partial charge in [0, 0.05) is 5.56 Å². The van der Waals surface area contributed by atoms with Crippen molar-refractivity contribution >= 4 is 5.91 Å². The topological polar surface area (TPSA) is 90.1 Å². The van der Waals surface area contributed by atoms with E-state index in [9.17, 15) is 9.18 Å². The molecule has 6 nitrogen and oxygen atoms in total. The van der Waals surface area contributed by atoms with E-state index in [-0.39, 0.29) is 30.4 Å². The first kappa shape index (κ1) is 15.4. The number of rotatable bonds is 5. The smallest absolute Gasteiger partial charge is 0.234 e. The van der Waals surface area contributed by atoms with Crippen LogP contribution in [0, 0.1) is 5.82 Å². The van der Waals surface area contributed by atoms with Gasteiger partial charge in [0.15, 0.2) is 0 Å². The van der Waals surface area contributed by atoms with E-state index in [2.05, 4.69) is 15.3 Å². The zero-order valence-corrected chi connectivity index (χ0v) is 12.4. The van der Waals surface area contributed by atoms with Gasteiger partial charge in [-0.25, -0.2) is 9.37 Å². The molecule has 7 heteroatoms. The maximum Gasteiger partial charge on any atom is 0.234 e. The van der Waals surface area contributed by atoms with E-state index >= 15 is 0 Å². The van der Waals surface area contributed by atoms with Crippen LogP contribution in [-0.4, -0.2) is 21.9 Å². The Morgan fingerprint density at radius 3 is 2.78 bits per heavy atom. The molecule has 1 saturated heterocycles. The van der Waals surface area contributed by atoms with Gasteiger partial charge in [0.2, 0.25) is 11.8 Å². The van der Waals surface area contributed by atoms with Gasteiger partial charge in [0.25, 0.3) is 0 Å². The maximum atomic E-state index is 13.5. The number of hydrogen-bond donors (Lipinski definition) is 2. The Morgan fingerprint density at radius 2 is 2.13 bits per heavy atom. The molecule has 2 heterocycles. The number of aromatic nitrogens is 2. The SMILES string of the molecule is NC(=O)[C@@H]1CC[C@H](c2cnc(OCc3ccccc3F)cn2)N1. The van der Waals surface area contributed by atoms with Crippen LogP contribution < -0.4 is 15.8 Å². The third-order valence-corrected chi connectivity index (χ3v) is 3.83. The van der Waals surface area contributed by atoms with Gasteiger partial charge < -0.3 is 10.5 Å². The first-order valence-corrected chi connectivity index (χ1v) is 7.37. The molecule has 3 rings (SSSR count). The van der Waals surface area contributed by atoms with Crippen molar-refractivity contribution in [3.63, 3.8) is 0 Å². The largest absolute Gasteiger partial charge is 0.472 e. The first-order valence-electron chi connectivity index (χ1n) is 7.37. The third-order valence-electron chi connectivity index (χ3n) is 3.83. The Labute approximate surface area is 132 Å². The lowest BCUT2D eigenvalue weighted by molar-refractivity contribution is -0.119. The maximum absolute atomic E-state index is 13.5. The minimum absolute atomic E-state index is 0.0411. The minimum atomic E-state index is -0.356. The van der Waals surface area contributed by atoms with Gasteiger partial charge in [-0.15, -0.1) is 0 Å². The van der Waals surface area contributed by atoms with E-state index in [1.807, 2.05) is 0 Å². The molecule has 0 unspecified atom stereocenters. The zero-order valence-electron chi connectivity index (χ0n) is 12.4. The lowest BCUT2D eigenvalue weighted by Gasteiger charge is -2.12. The van der Waals surface area contributed by atoms with Crippen molar-refractivity contribution < 1.29 is 13.9 Å². The summed E-state index contributed by atoms with van der Waals surface area (Å²) in [7, 11) is 0. The Hall–Kier alpha value is -2.54. The molecule has 120 valence electrons. The molecule has 1 amide bonds. The standard InChI is InChI=1S/C16H17FN4O2/c17-11-4-2-1-3-10(11)9-23-15-8-19-14(7-20-15)12-5-6-13(21-12)16(18)22/h1-4,7-8,12-13,21H,5-6,9H2,(H2,18,22)/t12-,13+/m1/s1. The van der Waals surface area contributed by atoms with Crippen LogP contribution in [0.15, 0.2) is 36.7 Å². The molecule has 0 saturated carbocycles. The quantitative estimate of drug-likeness (QED) is 0.872. The number of halogens is 1. The second-order valence-electron chi connectivity index (χ2n) is 5.41. The number of nitrogens with one attached hydrogen (secondary N) is 1. The molecule has 2 atom stereocenters. The molecule has 1 aliphatic heterocycles. The van der Waals surface area contributed by atoms with Crippen LogP contribution in [-0.2, 0) is 11.4 Å². The Balaban J connectivity index is 1.59. The molecule has 0 aliphatic carbocycles. The molecular weight excluding hydrogens is 299 g/mol. The number of hydrogen-bond acceptors (Lipinski definition) is 5. The number of benzene rings is 1. The number of ether oxygens (including phenoxy) is 1. The fraction of sp³-hybridized carbons (Fsp3) is 0.312. The third kappa shape index (κ3) is 3.62. The lowest BCUT2D eigenvalue weighted by atomic mass is 10.1. The second-order valence-corrected chi connectivity index (χ2v) is 5.41. The van der Waals surface area contributed by atoms with E-state index in [4.69, 9.17) is 10.5 Å². The van der Waals surface area contributed by atoms with Crippen molar-refractivity contribution in [1.82, 2.24) is 15.3 Å². The van der Waals surface area contributed by atoms with Gasteiger partial charge in [-0.1, -0.05) is 18.2 Å². The number of nitrogens with zero attached hydrogens (tertiary/aromatic N) is 2. The molecule has 1 aromatic heterocycles. The fourth-order valence-corrected chi connectivity index (χ4v) is 2.55. The summed E-state index contributed by atoms with van der Waals surface area (Å²) in [5, 5.41) is 3.12. The summed E-state index contributed by atoms with van der Waals surface area (Å²) in [6.07, 6.45) is 4.55. The Morgan fingerprint density at radius 1 is 1.30 bits per heavy atom. The Bertz CT molecular complexity index is 693. The number of carbonyl (C=O) groups excluding carboxylic acids is 1. The number of carbonyl (C=O) groups is 1. The van der Waals surface area contributed by atoms with Crippen LogP contribution in [0.25, 0.3) is 0 Å². The molecule has 23 heavy (non-hydrogen) atoms. The molecule has 2 aromatic rings. The lowest BCUT2D eigenvalue weighted by Crippen LogP contribution is -2.37. The van der Waals surface area contributed by atoms with E-state index in [1.54, 1.807) is 24.4 Å². The summed E-state index contributed by atoms with van der Waals surface area (Å²) >= 11 is 0. The molecule has 1 aliphatic rings. The summed E-state index contributed by atoms with van der Waals surface area (Å²) < 4.78 is 18.9. The van der Waals surface area contributed by atoms with Crippen molar-refractivity contribution in [2.75, 3.05) is 0 Å². The molecular formula is C16H17FN4O2. The first-order chi connectivity index (χ1) is 11.1. The van der Waals surface area contributed by atoms with Crippen molar-refractivity contribution in [1.29, 1.82) is 0 Å². The van der Waals surface area contributed by atoms with E-state index < -0.39 is 0 Å². The van der Waals surface area contributed by atoms with Crippen LogP contribution in [0.1, 0.15) is 30.1 Å². The molecule has 1 fully saturated rings. The van der Waals surface area contributed by atoms with Crippen molar-refractivity contribution in [2.45, 2.75) is 31.5 Å². The average molecular weight is 316 g/mol. The highest BCUT2D eigenvalue weighted by Crippen LogP contribution is 2.25. The van der Waals surface area contributed by atoms with E-state index in [0.29, 0.717) is 17.9 Å². The predicted octanol–water partition coefficient (Wildman–Crippen LogP) is 1.47. The van der Waals surface area contributed by atoms with E-state index in [0.717, 1.165) is 12.1 Å². The molecule has 3 N–H and O–H groups in total. The van der Waals surface area contributed by atoms with Crippen molar-refractivity contribution in [3.05, 3.63) is 53.7 Å². The summed E-state index contributed by atoms with van der Waals surface area (Å²) in [5.74, 6) is -0.350. The van der Waals surface area contributed by atoms with Crippen LogP contribution in [0.3, 0.4) is 0 Å². The van der Waals surface area contributed by atoms with Gasteiger partial charge in [-0.05, 0) is 18.9 Å². The summed E-state index contributed by atoms with van der Waals surface area (Å²) in [5.41, 5.74) is 6.47. The highest BCUT2D eigenvalue weighted by atomic mass is 19.1. The van der Waals surface area contributed by atoms with Gasteiger partial charge >= 0.3 is 0 Å². The van der Waals surface area contributed by atoms with Crippen LogP contribution in [0.2, 0.25) is 0 Å². The van der Waals surface area contributed by atoms with Crippen molar-refractivity contribution in [3.8, 4) is 5.88 Å².